The highest BCUT2D eigenvalue weighted by atomic mass is 16.5. The van der Waals surface area contributed by atoms with Crippen molar-refractivity contribution in [1.29, 1.82) is 0 Å². The Hall–Kier alpha value is -3.42. The molecule has 0 aliphatic heterocycles. The molecule has 8 nitrogen and oxygen atoms in total. The van der Waals surface area contributed by atoms with Crippen LogP contribution in [-0.4, -0.2) is 41.3 Å². The summed E-state index contributed by atoms with van der Waals surface area (Å²) in [4.78, 5) is 47.2. The number of Topliss-reactive ketones (excluding diaryl/α,β-unsaturated/α-hetero) is 1. The number of para-hydroxylation sites is 1. The second kappa shape index (κ2) is 9.50. The van der Waals surface area contributed by atoms with Crippen molar-refractivity contribution in [1.82, 2.24) is 9.88 Å². The van der Waals surface area contributed by atoms with Crippen LogP contribution in [0.1, 0.15) is 40.3 Å². The molecule has 2 aromatic rings. The van der Waals surface area contributed by atoms with E-state index in [2.05, 4.69) is 10.6 Å². The van der Waals surface area contributed by atoms with Crippen LogP contribution in [0.4, 0.5) is 5.69 Å². The summed E-state index contributed by atoms with van der Waals surface area (Å²) in [5.74, 6) is -1.89. The van der Waals surface area contributed by atoms with Gasteiger partial charge in [0.2, 0.25) is 5.91 Å². The number of aryl methyl sites for hydroxylation is 2. The molecular weight excluding hydrogens is 362 g/mol. The van der Waals surface area contributed by atoms with Crippen molar-refractivity contribution >= 4 is 29.3 Å². The van der Waals surface area contributed by atoms with Crippen LogP contribution >= 0.6 is 0 Å². The average Bonchev–Trinajstić information content (AvgIpc) is 3.07. The number of carbonyl (C=O) groups excluding carboxylic acids is 4. The summed E-state index contributed by atoms with van der Waals surface area (Å²) in [6, 6.07) is 8.80. The van der Waals surface area contributed by atoms with Crippen molar-refractivity contribution in [2.24, 2.45) is 7.05 Å². The number of aromatic nitrogens is 1. The van der Waals surface area contributed by atoms with Crippen molar-refractivity contribution in [2.75, 3.05) is 18.5 Å². The van der Waals surface area contributed by atoms with E-state index in [0.717, 1.165) is 12.0 Å². The van der Waals surface area contributed by atoms with E-state index in [1.165, 1.54) is 23.8 Å². The van der Waals surface area contributed by atoms with Gasteiger partial charge in [-0.2, -0.15) is 0 Å². The first-order valence-corrected chi connectivity index (χ1v) is 8.80. The maximum absolute atomic E-state index is 12.0. The Bertz CT molecular complexity index is 901. The van der Waals surface area contributed by atoms with Gasteiger partial charge < -0.3 is 19.9 Å². The number of carbonyl (C=O) groups is 4. The van der Waals surface area contributed by atoms with Crippen LogP contribution in [0.5, 0.6) is 0 Å². The predicted octanol–water partition coefficient (Wildman–Crippen LogP) is 1.70. The number of rotatable bonds is 8. The van der Waals surface area contributed by atoms with Crippen LogP contribution in [0.2, 0.25) is 0 Å². The number of hydrogen-bond donors (Lipinski definition) is 2. The Balaban J connectivity index is 1.80. The monoisotopic (exact) mass is 385 g/mol. The fourth-order valence-corrected chi connectivity index (χ4v) is 2.54. The SMILES string of the molecule is CCc1ccccc1NC(=O)CNC(=O)COC(=O)c1cc(C(C)=O)cn1C. The van der Waals surface area contributed by atoms with E-state index < -0.39 is 18.5 Å². The van der Waals surface area contributed by atoms with Gasteiger partial charge in [-0.25, -0.2) is 4.79 Å². The Labute approximate surface area is 162 Å². The first kappa shape index (κ1) is 20.9. The van der Waals surface area contributed by atoms with Gasteiger partial charge in [0.1, 0.15) is 5.69 Å². The standard InChI is InChI=1S/C20H23N3O5/c1-4-14-7-5-6-8-16(14)22-18(25)10-21-19(26)12-28-20(27)17-9-15(13(2)24)11-23(17)3/h5-9,11H,4,10,12H2,1-3H3,(H,21,26)(H,22,25). The van der Waals surface area contributed by atoms with Gasteiger partial charge in [-0.05, 0) is 31.0 Å². The van der Waals surface area contributed by atoms with Gasteiger partial charge >= 0.3 is 5.97 Å². The lowest BCUT2D eigenvalue weighted by Crippen LogP contribution is -2.35. The van der Waals surface area contributed by atoms with Gasteiger partial charge in [0.25, 0.3) is 5.91 Å². The third-order valence-electron chi connectivity index (χ3n) is 4.07. The average molecular weight is 385 g/mol. The molecule has 2 amide bonds. The van der Waals surface area contributed by atoms with E-state index >= 15 is 0 Å². The quantitative estimate of drug-likeness (QED) is 0.531. The van der Waals surface area contributed by atoms with Gasteiger partial charge in [0.05, 0.1) is 6.54 Å². The smallest absolute Gasteiger partial charge is 0.355 e. The lowest BCUT2D eigenvalue weighted by atomic mass is 10.1. The number of ether oxygens (including phenoxy) is 1. The zero-order valence-corrected chi connectivity index (χ0v) is 16.1. The molecule has 28 heavy (non-hydrogen) atoms. The molecule has 1 aromatic heterocycles. The second-order valence-corrected chi connectivity index (χ2v) is 6.19. The van der Waals surface area contributed by atoms with Gasteiger partial charge in [-0.3, -0.25) is 14.4 Å². The Morgan fingerprint density at radius 3 is 2.46 bits per heavy atom. The zero-order chi connectivity index (χ0) is 20.7. The maximum atomic E-state index is 12.0. The van der Waals surface area contributed by atoms with Crippen LogP contribution in [0.15, 0.2) is 36.5 Å². The molecule has 0 radical (unpaired) electrons. The second-order valence-electron chi connectivity index (χ2n) is 6.19. The summed E-state index contributed by atoms with van der Waals surface area (Å²) in [6.07, 6.45) is 2.28. The summed E-state index contributed by atoms with van der Waals surface area (Å²) in [7, 11) is 1.60. The number of anilines is 1. The number of nitrogens with one attached hydrogen (secondary N) is 2. The van der Waals surface area contributed by atoms with Crippen molar-refractivity contribution in [3.8, 4) is 0 Å². The fourth-order valence-electron chi connectivity index (χ4n) is 2.54. The Morgan fingerprint density at radius 1 is 1.11 bits per heavy atom. The number of ketones is 1. The molecule has 1 heterocycles. The lowest BCUT2D eigenvalue weighted by molar-refractivity contribution is -0.126. The van der Waals surface area contributed by atoms with E-state index in [-0.39, 0.29) is 23.9 Å². The first-order valence-electron chi connectivity index (χ1n) is 8.80. The highest BCUT2D eigenvalue weighted by Crippen LogP contribution is 2.15. The predicted molar refractivity (Wildman–Crippen MR) is 103 cm³/mol. The maximum Gasteiger partial charge on any atom is 0.355 e. The molecule has 0 saturated carbocycles. The summed E-state index contributed by atoms with van der Waals surface area (Å²) >= 11 is 0. The Kier molecular flexibility index (Phi) is 7.08. The van der Waals surface area contributed by atoms with Gasteiger partial charge in [-0.1, -0.05) is 25.1 Å². The van der Waals surface area contributed by atoms with Crippen molar-refractivity contribution in [2.45, 2.75) is 20.3 Å². The highest BCUT2D eigenvalue weighted by molar-refractivity contribution is 5.98. The molecule has 0 atom stereocenters. The van der Waals surface area contributed by atoms with Crippen molar-refractivity contribution in [3.63, 3.8) is 0 Å². The molecule has 2 rings (SSSR count). The zero-order valence-electron chi connectivity index (χ0n) is 16.1. The van der Waals surface area contributed by atoms with E-state index in [9.17, 15) is 19.2 Å². The molecule has 1 aromatic carbocycles. The first-order chi connectivity index (χ1) is 13.3. The summed E-state index contributed by atoms with van der Waals surface area (Å²) < 4.78 is 6.39. The van der Waals surface area contributed by atoms with Crippen LogP contribution in [0.3, 0.4) is 0 Å². The minimum Gasteiger partial charge on any atom is -0.451 e. The van der Waals surface area contributed by atoms with E-state index in [0.29, 0.717) is 11.3 Å². The van der Waals surface area contributed by atoms with Gasteiger partial charge in [0, 0.05) is 24.5 Å². The fraction of sp³-hybridized carbons (Fsp3) is 0.300. The number of esters is 1. The molecule has 0 aliphatic rings. The number of amides is 2. The van der Waals surface area contributed by atoms with Crippen molar-refractivity contribution < 1.29 is 23.9 Å². The molecule has 0 unspecified atom stereocenters. The molecule has 2 N–H and O–H groups in total. The van der Waals surface area contributed by atoms with E-state index in [4.69, 9.17) is 4.74 Å². The lowest BCUT2D eigenvalue weighted by Gasteiger charge is -2.10. The van der Waals surface area contributed by atoms with Crippen LogP contribution in [0.25, 0.3) is 0 Å². The molecule has 0 saturated heterocycles. The molecule has 0 bridgehead atoms. The normalized spacial score (nSPS) is 10.2. The number of benzene rings is 1. The number of nitrogens with zero attached hydrogens (tertiary/aromatic N) is 1. The minimum absolute atomic E-state index is 0.159. The molecular formula is C20H23N3O5. The third-order valence-corrected chi connectivity index (χ3v) is 4.07. The summed E-state index contributed by atoms with van der Waals surface area (Å²) in [5.41, 5.74) is 2.22. The molecule has 8 heteroatoms. The largest absolute Gasteiger partial charge is 0.451 e. The molecule has 148 valence electrons. The summed E-state index contributed by atoms with van der Waals surface area (Å²) in [6.45, 7) is 2.60. The molecule has 0 aliphatic carbocycles. The third kappa shape index (κ3) is 5.54. The van der Waals surface area contributed by atoms with Gasteiger partial charge in [0.15, 0.2) is 12.4 Å². The number of hydrogen-bond acceptors (Lipinski definition) is 5. The summed E-state index contributed by atoms with van der Waals surface area (Å²) in [5, 5.41) is 5.13. The van der Waals surface area contributed by atoms with Crippen LogP contribution in [-0.2, 0) is 27.8 Å². The highest BCUT2D eigenvalue weighted by Gasteiger charge is 2.17. The topological polar surface area (TPSA) is 106 Å². The minimum atomic E-state index is -0.730. The van der Waals surface area contributed by atoms with Gasteiger partial charge in [-0.15, -0.1) is 0 Å². The Morgan fingerprint density at radius 2 is 1.82 bits per heavy atom. The van der Waals surface area contributed by atoms with E-state index in [1.807, 2.05) is 25.1 Å². The molecule has 0 spiro atoms. The van der Waals surface area contributed by atoms with Crippen LogP contribution < -0.4 is 10.6 Å². The molecule has 0 fully saturated rings. The van der Waals surface area contributed by atoms with E-state index in [1.54, 1.807) is 13.1 Å². The van der Waals surface area contributed by atoms with Crippen LogP contribution in [0, 0.1) is 0 Å². The van der Waals surface area contributed by atoms with Crippen molar-refractivity contribution in [3.05, 3.63) is 53.3 Å².